The summed E-state index contributed by atoms with van der Waals surface area (Å²) in [6, 6.07) is 0. The van der Waals surface area contributed by atoms with Gasteiger partial charge in [0.2, 0.25) is 0 Å². The summed E-state index contributed by atoms with van der Waals surface area (Å²) in [6.07, 6.45) is 1.13. The van der Waals surface area contributed by atoms with Crippen LogP contribution >= 0.6 is 0 Å². The normalized spacial score (nSPS) is 23.0. The molecule has 0 radical (unpaired) electrons. The minimum Gasteiger partial charge on any atom is -0.465 e. The summed E-state index contributed by atoms with van der Waals surface area (Å²) in [7, 11) is 0. The Morgan fingerprint density at radius 2 is 2.20 bits per heavy atom. The van der Waals surface area contributed by atoms with Crippen molar-refractivity contribution in [2.75, 3.05) is 13.2 Å². The molecule has 88 valence electrons. The van der Waals surface area contributed by atoms with E-state index in [9.17, 15) is 4.79 Å². The quantitative estimate of drug-likeness (QED) is 0.531. The van der Waals surface area contributed by atoms with Crippen LogP contribution in [0.3, 0.4) is 0 Å². The number of hydrogen-bond acceptors (Lipinski definition) is 4. The van der Waals surface area contributed by atoms with E-state index in [1.54, 1.807) is 0 Å². The molecule has 0 aromatic rings. The van der Waals surface area contributed by atoms with Crippen LogP contribution in [0.25, 0.3) is 0 Å². The van der Waals surface area contributed by atoms with Crippen LogP contribution in [-0.2, 0) is 14.4 Å². The van der Waals surface area contributed by atoms with Gasteiger partial charge in [0.1, 0.15) is 0 Å². The summed E-state index contributed by atoms with van der Waals surface area (Å²) < 4.78 is 4.87. The molecule has 0 aromatic carbocycles. The lowest BCUT2D eigenvalue weighted by molar-refractivity contribution is -0.249. The number of esters is 1. The van der Waals surface area contributed by atoms with Crippen LogP contribution in [0.15, 0.2) is 0 Å². The van der Waals surface area contributed by atoms with Crippen molar-refractivity contribution in [2.24, 2.45) is 0 Å². The molecule has 0 saturated carbocycles. The van der Waals surface area contributed by atoms with Gasteiger partial charge in [-0.05, 0) is 20.8 Å². The molecule has 0 amide bonds. The van der Waals surface area contributed by atoms with Crippen LogP contribution in [-0.4, -0.2) is 35.8 Å². The van der Waals surface area contributed by atoms with Gasteiger partial charge < -0.3 is 4.74 Å². The minimum absolute atomic E-state index is 0.0228. The second-order valence-electron chi connectivity index (χ2n) is 4.81. The molecular formula is C11H21NO3. The van der Waals surface area contributed by atoms with Gasteiger partial charge in [0.25, 0.3) is 0 Å². The molecule has 1 atom stereocenters. The molecule has 0 N–H and O–H groups in total. The molecule has 1 heterocycles. The van der Waals surface area contributed by atoms with Crippen molar-refractivity contribution in [3.63, 3.8) is 0 Å². The fourth-order valence-electron chi connectivity index (χ4n) is 1.63. The lowest BCUT2D eigenvalue weighted by Crippen LogP contribution is -2.45. The molecule has 4 heteroatoms. The third-order valence-corrected chi connectivity index (χ3v) is 2.41. The first kappa shape index (κ1) is 12.5. The highest BCUT2D eigenvalue weighted by Gasteiger charge is 2.28. The SMILES string of the molecule is CCN(O[C@@H]1CCOC(=O)C1)C(C)(C)C. The van der Waals surface area contributed by atoms with Crippen LogP contribution in [0.1, 0.15) is 40.5 Å². The molecule has 1 rings (SSSR count). The highest BCUT2D eigenvalue weighted by atomic mass is 16.7. The minimum atomic E-state index is -0.156. The number of hydrogen-bond donors (Lipinski definition) is 0. The Kier molecular flexibility index (Phi) is 4.11. The maximum absolute atomic E-state index is 11.1. The maximum Gasteiger partial charge on any atom is 0.308 e. The molecule has 0 bridgehead atoms. The Morgan fingerprint density at radius 1 is 1.53 bits per heavy atom. The monoisotopic (exact) mass is 215 g/mol. The predicted molar refractivity (Wildman–Crippen MR) is 57.2 cm³/mol. The molecule has 0 aromatic heterocycles. The average molecular weight is 215 g/mol. The number of nitrogens with zero attached hydrogens (tertiary/aromatic N) is 1. The lowest BCUT2D eigenvalue weighted by Gasteiger charge is -2.37. The zero-order chi connectivity index (χ0) is 11.5. The van der Waals surface area contributed by atoms with Crippen molar-refractivity contribution >= 4 is 5.97 Å². The van der Waals surface area contributed by atoms with Gasteiger partial charge in [-0.25, -0.2) is 0 Å². The Labute approximate surface area is 91.5 Å². The second kappa shape index (κ2) is 4.94. The van der Waals surface area contributed by atoms with Gasteiger partial charge in [-0.1, -0.05) is 6.92 Å². The highest BCUT2D eigenvalue weighted by Crippen LogP contribution is 2.19. The van der Waals surface area contributed by atoms with E-state index in [4.69, 9.17) is 9.57 Å². The Hall–Kier alpha value is -0.610. The van der Waals surface area contributed by atoms with Gasteiger partial charge in [-0.2, -0.15) is 5.06 Å². The fraction of sp³-hybridized carbons (Fsp3) is 0.909. The lowest BCUT2D eigenvalue weighted by atomic mass is 10.1. The molecule has 1 aliphatic rings. The molecule has 0 spiro atoms. The Bertz CT molecular complexity index is 222. The Morgan fingerprint density at radius 3 is 2.67 bits per heavy atom. The number of hydroxylamine groups is 2. The molecule has 15 heavy (non-hydrogen) atoms. The van der Waals surface area contributed by atoms with E-state index in [1.165, 1.54) is 0 Å². The van der Waals surface area contributed by atoms with Crippen LogP contribution in [0.4, 0.5) is 0 Å². The standard InChI is InChI=1S/C11H21NO3/c1-5-12(11(2,3)4)15-9-6-7-14-10(13)8-9/h9H,5-8H2,1-4H3/t9-/m1/s1. The number of rotatable bonds is 3. The third-order valence-electron chi connectivity index (χ3n) is 2.41. The summed E-state index contributed by atoms with van der Waals surface area (Å²) in [4.78, 5) is 16.9. The largest absolute Gasteiger partial charge is 0.465 e. The van der Waals surface area contributed by atoms with E-state index >= 15 is 0 Å². The summed E-state index contributed by atoms with van der Waals surface area (Å²) in [5.74, 6) is -0.156. The molecule has 1 aliphatic heterocycles. The molecule has 4 nitrogen and oxygen atoms in total. The van der Waals surface area contributed by atoms with E-state index < -0.39 is 0 Å². The van der Waals surface area contributed by atoms with Crippen molar-refractivity contribution in [2.45, 2.75) is 52.2 Å². The van der Waals surface area contributed by atoms with Gasteiger partial charge >= 0.3 is 5.97 Å². The molecular weight excluding hydrogens is 194 g/mol. The Balaban J connectivity index is 2.48. The van der Waals surface area contributed by atoms with Gasteiger partial charge in [0, 0.05) is 18.5 Å². The van der Waals surface area contributed by atoms with Gasteiger partial charge in [0.15, 0.2) is 0 Å². The third kappa shape index (κ3) is 3.80. The van der Waals surface area contributed by atoms with E-state index in [0.717, 1.165) is 13.0 Å². The summed E-state index contributed by atoms with van der Waals surface area (Å²) in [5, 5.41) is 1.93. The summed E-state index contributed by atoms with van der Waals surface area (Å²) in [5.41, 5.74) is -0.0316. The topological polar surface area (TPSA) is 38.8 Å². The first-order chi connectivity index (χ1) is 6.93. The van der Waals surface area contributed by atoms with E-state index in [1.807, 2.05) is 12.0 Å². The summed E-state index contributed by atoms with van der Waals surface area (Å²) in [6.45, 7) is 9.62. The van der Waals surface area contributed by atoms with Crippen molar-refractivity contribution in [3.05, 3.63) is 0 Å². The van der Waals surface area contributed by atoms with E-state index in [0.29, 0.717) is 13.0 Å². The maximum atomic E-state index is 11.1. The zero-order valence-corrected chi connectivity index (χ0v) is 10.1. The van der Waals surface area contributed by atoms with Crippen LogP contribution in [0.2, 0.25) is 0 Å². The molecule has 0 aliphatic carbocycles. The van der Waals surface area contributed by atoms with Crippen molar-refractivity contribution in [1.29, 1.82) is 0 Å². The number of carbonyl (C=O) groups excluding carboxylic acids is 1. The van der Waals surface area contributed by atoms with E-state index in [2.05, 4.69) is 20.8 Å². The number of ether oxygens (including phenoxy) is 1. The second-order valence-corrected chi connectivity index (χ2v) is 4.81. The van der Waals surface area contributed by atoms with Crippen molar-refractivity contribution < 1.29 is 14.4 Å². The van der Waals surface area contributed by atoms with Gasteiger partial charge in [-0.15, -0.1) is 0 Å². The first-order valence-corrected chi connectivity index (χ1v) is 5.53. The van der Waals surface area contributed by atoms with Gasteiger partial charge in [0.05, 0.1) is 19.1 Å². The fourth-order valence-corrected chi connectivity index (χ4v) is 1.63. The van der Waals surface area contributed by atoms with Crippen LogP contribution in [0.5, 0.6) is 0 Å². The molecule has 1 saturated heterocycles. The van der Waals surface area contributed by atoms with Crippen molar-refractivity contribution in [3.8, 4) is 0 Å². The molecule has 0 unspecified atom stereocenters. The zero-order valence-electron chi connectivity index (χ0n) is 10.1. The first-order valence-electron chi connectivity index (χ1n) is 5.53. The molecule has 1 fully saturated rings. The van der Waals surface area contributed by atoms with Crippen LogP contribution < -0.4 is 0 Å². The van der Waals surface area contributed by atoms with E-state index in [-0.39, 0.29) is 17.6 Å². The number of carbonyl (C=O) groups is 1. The number of cyclic esters (lactones) is 1. The predicted octanol–water partition coefficient (Wildman–Crippen LogP) is 1.74. The van der Waals surface area contributed by atoms with Gasteiger partial charge in [-0.3, -0.25) is 9.63 Å². The highest BCUT2D eigenvalue weighted by molar-refractivity contribution is 5.70. The van der Waals surface area contributed by atoms with Crippen molar-refractivity contribution in [1.82, 2.24) is 5.06 Å². The smallest absolute Gasteiger partial charge is 0.308 e. The van der Waals surface area contributed by atoms with Crippen LogP contribution in [0, 0.1) is 0 Å². The average Bonchev–Trinajstić information content (AvgIpc) is 2.12. The summed E-state index contributed by atoms with van der Waals surface area (Å²) >= 11 is 0.